The Balaban J connectivity index is 1.70. The second-order valence-corrected chi connectivity index (χ2v) is 7.21. The van der Waals surface area contributed by atoms with Gasteiger partial charge in [0.1, 0.15) is 16.6 Å². The van der Waals surface area contributed by atoms with E-state index in [-0.39, 0.29) is 11.2 Å². The molecule has 0 spiro atoms. The number of amides is 1. The summed E-state index contributed by atoms with van der Waals surface area (Å²) in [7, 11) is 1.63. The van der Waals surface area contributed by atoms with Crippen molar-refractivity contribution in [3.8, 4) is 5.75 Å². The molecule has 134 valence electrons. The van der Waals surface area contributed by atoms with Gasteiger partial charge in [-0.1, -0.05) is 48.2 Å². The molecular weight excluding hydrogens is 346 g/mol. The summed E-state index contributed by atoms with van der Waals surface area (Å²) in [6, 6.07) is 15.5. The third-order valence-corrected chi connectivity index (χ3v) is 5.09. The van der Waals surface area contributed by atoms with Crippen molar-refractivity contribution in [1.29, 1.82) is 0 Å². The Morgan fingerprint density at radius 2 is 1.88 bits per heavy atom. The lowest BCUT2D eigenvalue weighted by Gasteiger charge is -2.14. The second-order valence-electron chi connectivity index (χ2n) is 5.88. The summed E-state index contributed by atoms with van der Waals surface area (Å²) >= 11 is 1.45. The zero-order valence-corrected chi connectivity index (χ0v) is 15.8. The van der Waals surface area contributed by atoms with E-state index in [0.29, 0.717) is 12.4 Å². The fourth-order valence-electron chi connectivity index (χ4n) is 2.64. The van der Waals surface area contributed by atoms with Crippen molar-refractivity contribution in [1.82, 2.24) is 15.3 Å². The van der Waals surface area contributed by atoms with Gasteiger partial charge in [0.2, 0.25) is 5.91 Å². The van der Waals surface area contributed by atoms with Gasteiger partial charge in [0, 0.05) is 17.5 Å². The third-order valence-electron chi connectivity index (χ3n) is 3.98. The van der Waals surface area contributed by atoms with Gasteiger partial charge in [0.25, 0.3) is 0 Å². The number of rotatable bonds is 6. The lowest BCUT2D eigenvalue weighted by Crippen LogP contribution is -2.30. The fraction of sp³-hybridized carbons (Fsp3) is 0.250. The van der Waals surface area contributed by atoms with Gasteiger partial charge in [0.05, 0.1) is 17.9 Å². The van der Waals surface area contributed by atoms with Gasteiger partial charge in [-0.25, -0.2) is 9.97 Å². The van der Waals surface area contributed by atoms with E-state index in [0.717, 1.165) is 27.2 Å². The van der Waals surface area contributed by atoms with Gasteiger partial charge in [-0.15, -0.1) is 0 Å². The van der Waals surface area contributed by atoms with Gasteiger partial charge in [0.15, 0.2) is 0 Å². The molecule has 0 aliphatic heterocycles. The zero-order valence-electron chi connectivity index (χ0n) is 15.0. The van der Waals surface area contributed by atoms with Crippen LogP contribution in [0, 0.1) is 6.92 Å². The Morgan fingerprint density at radius 1 is 1.15 bits per heavy atom. The molecule has 1 aromatic heterocycles. The van der Waals surface area contributed by atoms with Crippen LogP contribution in [-0.4, -0.2) is 28.2 Å². The van der Waals surface area contributed by atoms with Crippen LogP contribution in [0.5, 0.6) is 5.75 Å². The van der Waals surface area contributed by atoms with Crippen molar-refractivity contribution in [2.24, 2.45) is 0 Å². The standard InChI is InChI=1S/C20H21N3O2S/c1-13(19(24)21-12-15-8-4-7-11-18(15)25-3)26-20-16-9-5-6-10-17(16)22-14(2)23-20/h4-11,13H,12H2,1-3H3,(H,21,24). The van der Waals surface area contributed by atoms with Gasteiger partial charge in [-0.2, -0.15) is 0 Å². The molecule has 1 amide bonds. The Morgan fingerprint density at radius 3 is 2.69 bits per heavy atom. The van der Waals surface area contributed by atoms with Crippen LogP contribution in [-0.2, 0) is 11.3 Å². The van der Waals surface area contributed by atoms with Gasteiger partial charge in [-0.3, -0.25) is 4.79 Å². The average molecular weight is 367 g/mol. The molecule has 3 rings (SSSR count). The van der Waals surface area contributed by atoms with Crippen molar-refractivity contribution < 1.29 is 9.53 Å². The number of hydrogen-bond acceptors (Lipinski definition) is 5. The number of thioether (sulfide) groups is 1. The number of ether oxygens (including phenoxy) is 1. The second kappa shape index (κ2) is 8.19. The van der Waals surface area contributed by atoms with Crippen molar-refractivity contribution in [2.45, 2.75) is 30.7 Å². The van der Waals surface area contributed by atoms with E-state index in [1.165, 1.54) is 11.8 Å². The summed E-state index contributed by atoms with van der Waals surface area (Å²) in [6.07, 6.45) is 0. The molecule has 0 bridgehead atoms. The highest BCUT2D eigenvalue weighted by atomic mass is 32.2. The minimum absolute atomic E-state index is 0.0405. The van der Waals surface area contributed by atoms with Crippen LogP contribution in [0.15, 0.2) is 53.6 Å². The van der Waals surface area contributed by atoms with Crippen LogP contribution in [0.25, 0.3) is 10.9 Å². The zero-order chi connectivity index (χ0) is 18.5. The van der Waals surface area contributed by atoms with Crippen molar-refractivity contribution in [2.75, 3.05) is 7.11 Å². The SMILES string of the molecule is COc1ccccc1CNC(=O)C(C)Sc1nc(C)nc2ccccc12. The van der Waals surface area contributed by atoms with E-state index in [1.54, 1.807) is 7.11 Å². The molecule has 5 nitrogen and oxygen atoms in total. The van der Waals surface area contributed by atoms with E-state index < -0.39 is 0 Å². The Kier molecular flexibility index (Phi) is 5.73. The molecule has 26 heavy (non-hydrogen) atoms. The number of para-hydroxylation sites is 2. The summed E-state index contributed by atoms with van der Waals surface area (Å²) in [6.45, 7) is 4.18. The molecule has 2 aromatic carbocycles. The first-order valence-corrected chi connectivity index (χ1v) is 9.26. The molecule has 1 atom stereocenters. The van der Waals surface area contributed by atoms with Gasteiger partial charge < -0.3 is 10.1 Å². The molecule has 0 radical (unpaired) electrons. The van der Waals surface area contributed by atoms with E-state index in [1.807, 2.05) is 62.4 Å². The highest BCUT2D eigenvalue weighted by molar-refractivity contribution is 8.00. The first-order chi connectivity index (χ1) is 12.6. The van der Waals surface area contributed by atoms with E-state index in [4.69, 9.17) is 4.74 Å². The summed E-state index contributed by atoms with van der Waals surface area (Å²) in [5.41, 5.74) is 1.84. The highest BCUT2D eigenvalue weighted by Crippen LogP contribution is 2.28. The lowest BCUT2D eigenvalue weighted by molar-refractivity contribution is -0.120. The largest absolute Gasteiger partial charge is 0.496 e. The quantitative estimate of drug-likeness (QED) is 0.531. The van der Waals surface area contributed by atoms with Gasteiger partial charge >= 0.3 is 0 Å². The normalized spacial score (nSPS) is 12.0. The summed E-state index contributed by atoms with van der Waals surface area (Å²) in [5, 5.41) is 4.49. The minimum Gasteiger partial charge on any atom is -0.496 e. The molecule has 6 heteroatoms. The maximum Gasteiger partial charge on any atom is 0.233 e. The average Bonchev–Trinajstić information content (AvgIpc) is 2.66. The molecular formula is C20H21N3O2S. The molecule has 3 aromatic rings. The molecule has 1 heterocycles. The van der Waals surface area contributed by atoms with E-state index in [2.05, 4.69) is 15.3 Å². The summed E-state index contributed by atoms with van der Waals surface area (Å²) in [5.74, 6) is 1.43. The first-order valence-electron chi connectivity index (χ1n) is 8.38. The van der Waals surface area contributed by atoms with Crippen molar-refractivity contribution >= 4 is 28.6 Å². The number of hydrogen-bond donors (Lipinski definition) is 1. The predicted molar refractivity (Wildman–Crippen MR) is 104 cm³/mol. The van der Waals surface area contributed by atoms with Crippen LogP contribution in [0.1, 0.15) is 18.3 Å². The Hall–Kier alpha value is -2.60. The minimum atomic E-state index is -0.276. The Bertz CT molecular complexity index is 930. The number of carbonyl (C=O) groups excluding carboxylic acids is 1. The van der Waals surface area contributed by atoms with E-state index >= 15 is 0 Å². The number of nitrogens with one attached hydrogen (secondary N) is 1. The monoisotopic (exact) mass is 367 g/mol. The molecule has 0 aliphatic rings. The first kappa shape index (κ1) is 18.2. The van der Waals surface area contributed by atoms with Crippen LogP contribution in [0.4, 0.5) is 0 Å². The number of nitrogens with zero attached hydrogens (tertiary/aromatic N) is 2. The van der Waals surface area contributed by atoms with Crippen LogP contribution >= 0.6 is 11.8 Å². The van der Waals surface area contributed by atoms with Crippen molar-refractivity contribution in [3.05, 3.63) is 59.9 Å². The van der Waals surface area contributed by atoms with Crippen LogP contribution in [0.2, 0.25) is 0 Å². The number of benzene rings is 2. The topological polar surface area (TPSA) is 64.1 Å². The highest BCUT2D eigenvalue weighted by Gasteiger charge is 2.17. The Labute approximate surface area is 157 Å². The predicted octanol–water partition coefficient (Wildman–Crippen LogP) is 3.74. The molecule has 1 unspecified atom stereocenters. The van der Waals surface area contributed by atoms with Crippen LogP contribution in [0.3, 0.4) is 0 Å². The molecule has 0 aliphatic carbocycles. The van der Waals surface area contributed by atoms with Gasteiger partial charge in [-0.05, 0) is 26.0 Å². The van der Waals surface area contributed by atoms with Crippen LogP contribution < -0.4 is 10.1 Å². The molecule has 0 saturated heterocycles. The lowest BCUT2D eigenvalue weighted by atomic mass is 10.2. The molecule has 0 saturated carbocycles. The molecule has 1 N–H and O–H groups in total. The van der Waals surface area contributed by atoms with E-state index in [9.17, 15) is 4.79 Å². The molecule has 0 fully saturated rings. The van der Waals surface area contributed by atoms with Crippen molar-refractivity contribution in [3.63, 3.8) is 0 Å². The number of fused-ring (bicyclic) bond motifs is 1. The fourth-order valence-corrected chi connectivity index (χ4v) is 3.65. The maximum absolute atomic E-state index is 12.5. The maximum atomic E-state index is 12.5. The summed E-state index contributed by atoms with van der Waals surface area (Å²) in [4.78, 5) is 21.5. The summed E-state index contributed by atoms with van der Waals surface area (Å²) < 4.78 is 5.32. The third kappa shape index (κ3) is 4.14. The number of aryl methyl sites for hydroxylation is 1. The smallest absolute Gasteiger partial charge is 0.233 e. The number of carbonyl (C=O) groups is 1. The number of aromatic nitrogens is 2. The number of methoxy groups -OCH3 is 1.